The molecular weight excluding hydrogens is 210 g/mol. The van der Waals surface area contributed by atoms with Gasteiger partial charge in [0.05, 0.1) is 23.7 Å². The van der Waals surface area contributed by atoms with E-state index in [0.29, 0.717) is 5.56 Å². The zero-order valence-electron chi connectivity index (χ0n) is 9.76. The highest BCUT2D eigenvalue weighted by molar-refractivity contribution is 5.32. The number of nitrogens with zero attached hydrogens (tertiary/aromatic N) is 3. The molecule has 1 aromatic rings. The predicted molar refractivity (Wildman–Crippen MR) is 64.8 cm³/mol. The third-order valence-electron chi connectivity index (χ3n) is 3.20. The molecule has 1 atom stereocenters. The van der Waals surface area contributed by atoms with Gasteiger partial charge in [0.1, 0.15) is 0 Å². The first-order valence-corrected chi connectivity index (χ1v) is 5.96. The minimum absolute atomic E-state index is 0.0366. The number of nitriles is 2. The summed E-state index contributed by atoms with van der Waals surface area (Å²) in [4.78, 5) is 2.21. The highest BCUT2D eigenvalue weighted by Gasteiger charge is 2.21. The Hall–Kier alpha value is -1.84. The second-order valence-corrected chi connectivity index (χ2v) is 4.42. The number of likely N-dealkylation sites (tertiary alicyclic amines) is 1. The standard InChI is InChI=1S/C14H15N3/c15-9-12-4-3-5-13(8-12)11-17-7-2-1-6-14(17)10-16/h3-5,8,14H,1-2,6-7,11H2. The molecule has 3 heteroatoms. The molecule has 1 heterocycles. The molecule has 2 rings (SSSR count). The Kier molecular flexibility index (Phi) is 3.75. The van der Waals surface area contributed by atoms with Gasteiger partial charge in [-0.25, -0.2) is 0 Å². The third kappa shape index (κ3) is 2.84. The summed E-state index contributed by atoms with van der Waals surface area (Å²) < 4.78 is 0. The molecular formula is C14H15N3. The zero-order valence-corrected chi connectivity index (χ0v) is 9.76. The lowest BCUT2D eigenvalue weighted by atomic mass is 10.0. The van der Waals surface area contributed by atoms with Gasteiger partial charge in [-0.3, -0.25) is 4.90 Å². The molecule has 0 N–H and O–H groups in total. The smallest absolute Gasteiger partial charge is 0.0991 e. The maximum atomic E-state index is 9.10. The quantitative estimate of drug-likeness (QED) is 0.776. The summed E-state index contributed by atoms with van der Waals surface area (Å²) in [5.41, 5.74) is 1.80. The van der Waals surface area contributed by atoms with Crippen molar-refractivity contribution in [2.45, 2.75) is 31.8 Å². The molecule has 0 aliphatic carbocycles. The molecule has 0 radical (unpaired) electrons. The van der Waals surface area contributed by atoms with Crippen molar-refractivity contribution in [2.75, 3.05) is 6.54 Å². The van der Waals surface area contributed by atoms with Gasteiger partial charge in [0.2, 0.25) is 0 Å². The summed E-state index contributed by atoms with van der Waals surface area (Å²) >= 11 is 0. The average molecular weight is 225 g/mol. The Morgan fingerprint density at radius 1 is 1.29 bits per heavy atom. The first kappa shape index (κ1) is 11.6. The number of benzene rings is 1. The number of rotatable bonds is 2. The summed E-state index contributed by atoms with van der Waals surface area (Å²) in [5, 5.41) is 17.9. The SMILES string of the molecule is N#Cc1cccc(CN2CCCCC2C#N)c1. The summed E-state index contributed by atoms with van der Waals surface area (Å²) in [6, 6.07) is 12.2. The van der Waals surface area contributed by atoms with Crippen molar-refractivity contribution in [1.29, 1.82) is 10.5 Å². The lowest BCUT2D eigenvalue weighted by Gasteiger charge is -2.31. The fraction of sp³-hybridized carbons (Fsp3) is 0.429. The van der Waals surface area contributed by atoms with E-state index in [1.54, 1.807) is 0 Å². The molecule has 17 heavy (non-hydrogen) atoms. The van der Waals surface area contributed by atoms with Crippen LogP contribution in [0.3, 0.4) is 0 Å². The van der Waals surface area contributed by atoms with Gasteiger partial charge >= 0.3 is 0 Å². The van der Waals surface area contributed by atoms with Crippen LogP contribution in [0.2, 0.25) is 0 Å². The summed E-state index contributed by atoms with van der Waals surface area (Å²) in [5.74, 6) is 0. The van der Waals surface area contributed by atoms with E-state index in [1.165, 1.54) is 0 Å². The monoisotopic (exact) mass is 225 g/mol. The van der Waals surface area contributed by atoms with Crippen LogP contribution in [0.4, 0.5) is 0 Å². The van der Waals surface area contributed by atoms with E-state index >= 15 is 0 Å². The van der Waals surface area contributed by atoms with Gasteiger partial charge in [0.25, 0.3) is 0 Å². The van der Waals surface area contributed by atoms with Gasteiger partial charge in [-0.15, -0.1) is 0 Å². The fourth-order valence-electron chi connectivity index (χ4n) is 2.30. The van der Waals surface area contributed by atoms with Crippen LogP contribution in [0.1, 0.15) is 30.4 Å². The van der Waals surface area contributed by atoms with E-state index in [4.69, 9.17) is 10.5 Å². The van der Waals surface area contributed by atoms with Crippen molar-refractivity contribution in [2.24, 2.45) is 0 Å². The Balaban J connectivity index is 2.09. The van der Waals surface area contributed by atoms with Crippen LogP contribution in [0.15, 0.2) is 24.3 Å². The van der Waals surface area contributed by atoms with E-state index in [9.17, 15) is 0 Å². The summed E-state index contributed by atoms with van der Waals surface area (Å²) in [6.45, 7) is 1.75. The van der Waals surface area contributed by atoms with Crippen molar-refractivity contribution in [3.63, 3.8) is 0 Å². The fourth-order valence-corrected chi connectivity index (χ4v) is 2.30. The van der Waals surface area contributed by atoms with Gasteiger partial charge < -0.3 is 0 Å². The topological polar surface area (TPSA) is 50.8 Å². The lowest BCUT2D eigenvalue weighted by Crippen LogP contribution is -2.37. The summed E-state index contributed by atoms with van der Waals surface area (Å²) in [6.07, 6.45) is 3.28. The Labute approximate surface area is 102 Å². The van der Waals surface area contributed by atoms with Crippen molar-refractivity contribution in [1.82, 2.24) is 4.90 Å². The number of hydrogen-bond acceptors (Lipinski definition) is 3. The van der Waals surface area contributed by atoms with E-state index in [-0.39, 0.29) is 6.04 Å². The Morgan fingerprint density at radius 2 is 2.18 bits per heavy atom. The van der Waals surface area contributed by atoms with Crippen LogP contribution < -0.4 is 0 Å². The second kappa shape index (κ2) is 5.48. The molecule has 0 bridgehead atoms. The maximum absolute atomic E-state index is 9.10. The molecule has 1 aliphatic rings. The molecule has 1 aliphatic heterocycles. The number of hydrogen-bond donors (Lipinski definition) is 0. The van der Waals surface area contributed by atoms with Gasteiger partial charge in [-0.1, -0.05) is 12.1 Å². The van der Waals surface area contributed by atoms with Crippen LogP contribution in [0.25, 0.3) is 0 Å². The third-order valence-corrected chi connectivity index (χ3v) is 3.20. The van der Waals surface area contributed by atoms with Gasteiger partial charge in [0, 0.05) is 6.54 Å². The second-order valence-electron chi connectivity index (χ2n) is 4.42. The molecule has 0 saturated carbocycles. The van der Waals surface area contributed by atoms with Crippen LogP contribution in [-0.2, 0) is 6.54 Å². The molecule has 1 fully saturated rings. The van der Waals surface area contributed by atoms with E-state index in [1.807, 2.05) is 24.3 Å². The zero-order chi connectivity index (χ0) is 12.1. The highest BCUT2D eigenvalue weighted by Crippen LogP contribution is 2.19. The molecule has 1 saturated heterocycles. The maximum Gasteiger partial charge on any atom is 0.0991 e. The van der Waals surface area contributed by atoms with E-state index < -0.39 is 0 Å². The van der Waals surface area contributed by atoms with Crippen LogP contribution in [0, 0.1) is 22.7 Å². The van der Waals surface area contributed by atoms with Gasteiger partial charge in [0.15, 0.2) is 0 Å². The van der Waals surface area contributed by atoms with Crippen LogP contribution in [0.5, 0.6) is 0 Å². The first-order chi connectivity index (χ1) is 8.33. The molecule has 0 aromatic heterocycles. The van der Waals surface area contributed by atoms with E-state index in [0.717, 1.165) is 37.9 Å². The Bertz CT molecular complexity index is 467. The van der Waals surface area contributed by atoms with Gasteiger partial charge in [-0.2, -0.15) is 10.5 Å². The largest absolute Gasteiger partial charge is 0.284 e. The molecule has 1 unspecified atom stereocenters. The van der Waals surface area contributed by atoms with Crippen LogP contribution in [-0.4, -0.2) is 17.5 Å². The minimum Gasteiger partial charge on any atom is -0.284 e. The average Bonchev–Trinajstić information content (AvgIpc) is 2.39. The summed E-state index contributed by atoms with van der Waals surface area (Å²) in [7, 11) is 0. The molecule has 86 valence electrons. The number of piperidine rings is 1. The predicted octanol–water partition coefficient (Wildman–Crippen LogP) is 2.44. The van der Waals surface area contributed by atoms with E-state index in [2.05, 4.69) is 17.0 Å². The van der Waals surface area contributed by atoms with Crippen molar-refractivity contribution in [3.05, 3.63) is 35.4 Å². The van der Waals surface area contributed by atoms with Crippen molar-refractivity contribution < 1.29 is 0 Å². The van der Waals surface area contributed by atoms with Gasteiger partial charge in [-0.05, 0) is 43.5 Å². The first-order valence-electron chi connectivity index (χ1n) is 5.96. The molecule has 0 spiro atoms. The highest BCUT2D eigenvalue weighted by atomic mass is 15.2. The van der Waals surface area contributed by atoms with Crippen molar-refractivity contribution >= 4 is 0 Å². The molecule has 0 amide bonds. The Morgan fingerprint density at radius 3 is 2.94 bits per heavy atom. The van der Waals surface area contributed by atoms with Crippen LogP contribution >= 0.6 is 0 Å². The minimum atomic E-state index is 0.0366. The lowest BCUT2D eigenvalue weighted by molar-refractivity contribution is 0.176. The molecule has 3 nitrogen and oxygen atoms in total. The molecule has 1 aromatic carbocycles. The van der Waals surface area contributed by atoms with Crippen molar-refractivity contribution in [3.8, 4) is 12.1 Å². The normalized spacial score (nSPS) is 20.5.